The molecule has 3 heteroatoms. The number of nitrogens with one attached hydrogen (secondary N) is 1. The first kappa shape index (κ1) is 11.9. The zero-order valence-electron chi connectivity index (χ0n) is 9.96. The van der Waals surface area contributed by atoms with Crippen molar-refractivity contribution in [2.45, 2.75) is 26.3 Å². The predicted octanol–water partition coefficient (Wildman–Crippen LogP) is 2.95. The summed E-state index contributed by atoms with van der Waals surface area (Å²) in [5.41, 5.74) is 2.65. The van der Waals surface area contributed by atoms with Gasteiger partial charge < -0.3 is 10.2 Å². The van der Waals surface area contributed by atoms with E-state index in [0.717, 1.165) is 19.6 Å². The monoisotopic (exact) mass is 282 g/mol. The van der Waals surface area contributed by atoms with Gasteiger partial charge in [0.15, 0.2) is 0 Å². The predicted molar refractivity (Wildman–Crippen MR) is 73.2 cm³/mol. The van der Waals surface area contributed by atoms with E-state index in [1.54, 1.807) is 0 Å². The van der Waals surface area contributed by atoms with Crippen LogP contribution in [-0.2, 0) is 0 Å². The lowest BCUT2D eigenvalue weighted by Gasteiger charge is -2.25. The molecular weight excluding hydrogens is 264 g/mol. The van der Waals surface area contributed by atoms with Crippen LogP contribution in [0.4, 0.5) is 5.69 Å². The Kier molecular flexibility index (Phi) is 3.87. The van der Waals surface area contributed by atoms with Gasteiger partial charge in [-0.2, -0.15) is 0 Å². The van der Waals surface area contributed by atoms with Crippen LogP contribution in [0.5, 0.6) is 0 Å². The van der Waals surface area contributed by atoms with E-state index in [9.17, 15) is 0 Å². The smallest absolute Gasteiger partial charge is 0.0370 e. The van der Waals surface area contributed by atoms with E-state index in [0.29, 0.717) is 6.04 Å². The highest BCUT2D eigenvalue weighted by Crippen LogP contribution is 2.23. The Morgan fingerprint density at radius 1 is 1.44 bits per heavy atom. The summed E-state index contributed by atoms with van der Waals surface area (Å²) in [6.45, 7) is 7.78. The molecule has 1 heterocycles. The Labute approximate surface area is 106 Å². The molecule has 1 aromatic carbocycles. The topological polar surface area (TPSA) is 15.3 Å². The average molecular weight is 283 g/mol. The number of halogens is 1. The molecule has 1 N–H and O–H groups in total. The van der Waals surface area contributed by atoms with Gasteiger partial charge in [0.05, 0.1) is 0 Å². The molecule has 0 bridgehead atoms. The molecule has 1 aromatic rings. The van der Waals surface area contributed by atoms with Crippen molar-refractivity contribution >= 4 is 21.6 Å². The van der Waals surface area contributed by atoms with Crippen molar-refractivity contribution < 1.29 is 0 Å². The van der Waals surface area contributed by atoms with E-state index in [-0.39, 0.29) is 0 Å². The molecule has 2 rings (SSSR count). The van der Waals surface area contributed by atoms with Crippen molar-refractivity contribution in [2.75, 3.05) is 24.5 Å². The number of hydrogen-bond acceptors (Lipinski definition) is 2. The fraction of sp³-hybridized carbons (Fsp3) is 0.538. The van der Waals surface area contributed by atoms with Crippen molar-refractivity contribution in [1.29, 1.82) is 0 Å². The molecule has 16 heavy (non-hydrogen) atoms. The summed E-state index contributed by atoms with van der Waals surface area (Å²) in [6, 6.07) is 7.19. The second-order valence-electron chi connectivity index (χ2n) is 4.59. The van der Waals surface area contributed by atoms with Crippen LogP contribution in [0.15, 0.2) is 22.7 Å². The molecule has 1 fully saturated rings. The van der Waals surface area contributed by atoms with Gasteiger partial charge in [-0.1, -0.05) is 15.9 Å². The first-order valence-electron chi connectivity index (χ1n) is 5.91. The lowest BCUT2D eigenvalue weighted by atomic mass is 10.2. The van der Waals surface area contributed by atoms with Crippen molar-refractivity contribution in [2.24, 2.45) is 0 Å². The average Bonchev–Trinajstić information content (AvgIpc) is 2.47. The minimum Gasteiger partial charge on any atom is -0.370 e. The Balaban J connectivity index is 2.18. The number of rotatable bonds is 1. The Morgan fingerprint density at radius 3 is 3.00 bits per heavy atom. The van der Waals surface area contributed by atoms with Crippen molar-refractivity contribution in [3.63, 3.8) is 0 Å². The van der Waals surface area contributed by atoms with Crippen LogP contribution in [0.3, 0.4) is 0 Å². The Hall–Kier alpha value is -0.540. The van der Waals surface area contributed by atoms with Gasteiger partial charge in [-0.05, 0) is 50.6 Å². The van der Waals surface area contributed by atoms with E-state index in [4.69, 9.17) is 0 Å². The maximum Gasteiger partial charge on any atom is 0.0370 e. The zero-order valence-corrected chi connectivity index (χ0v) is 11.5. The van der Waals surface area contributed by atoms with Crippen LogP contribution in [-0.4, -0.2) is 25.7 Å². The Morgan fingerprint density at radius 2 is 2.25 bits per heavy atom. The summed E-state index contributed by atoms with van der Waals surface area (Å²) in [6.07, 6.45) is 1.22. The zero-order chi connectivity index (χ0) is 11.5. The highest BCUT2D eigenvalue weighted by atomic mass is 79.9. The molecule has 0 radical (unpaired) electrons. The summed E-state index contributed by atoms with van der Waals surface area (Å²) in [4.78, 5) is 2.48. The lowest BCUT2D eigenvalue weighted by Crippen LogP contribution is -2.35. The van der Waals surface area contributed by atoms with E-state index in [1.165, 1.54) is 22.1 Å². The molecule has 0 amide bonds. The summed E-state index contributed by atoms with van der Waals surface area (Å²) in [7, 11) is 0. The van der Waals surface area contributed by atoms with Crippen molar-refractivity contribution in [3.8, 4) is 0 Å². The molecule has 1 atom stereocenters. The molecule has 2 nitrogen and oxygen atoms in total. The van der Waals surface area contributed by atoms with Gasteiger partial charge >= 0.3 is 0 Å². The van der Waals surface area contributed by atoms with Gasteiger partial charge in [-0.25, -0.2) is 0 Å². The first-order valence-corrected chi connectivity index (χ1v) is 6.70. The molecule has 1 unspecified atom stereocenters. The summed E-state index contributed by atoms with van der Waals surface area (Å²) < 4.78 is 1.19. The van der Waals surface area contributed by atoms with Gasteiger partial charge in [0, 0.05) is 29.3 Å². The number of benzene rings is 1. The minimum absolute atomic E-state index is 0.575. The van der Waals surface area contributed by atoms with Crippen LogP contribution in [0, 0.1) is 6.92 Å². The summed E-state index contributed by atoms with van der Waals surface area (Å²) in [5, 5.41) is 3.52. The van der Waals surface area contributed by atoms with Crippen LogP contribution in [0.2, 0.25) is 0 Å². The summed E-state index contributed by atoms with van der Waals surface area (Å²) >= 11 is 3.55. The normalized spacial score (nSPS) is 21.9. The first-order chi connectivity index (χ1) is 7.66. The SMILES string of the molecule is Cc1cc(N2CCCNC(C)C2)ccc1Br. The number of nitrogens with zero attached hydrogens (tertiary/aromatic N) is 1. The van der Waals surface area contributed by atoms with E-state index in [2.05, 4.69) is 58.2 Å². The number of anilines is 1. The second-order valence-corrected chi connectivity index (χ2v) is 5.44. The molecule has 0 aliphatic carbocycles. The molecule has 1 aliphatic rings. The molecule has 0 spiro atoms. The van der Waals surface area contributed by atoms with E-state index >= 15 is 0 Å². The fourth-order valence-electron chi connectivity index (χ4n) is 2.16. The van der Waals surface area contributed by atoms with Gasteiger partial charge in [0.1, 0.15) is 0 Å². The van der Waals surface area contributed by atoms with Crippen molar-refractivity contribution in [1.82, 2.24) is 5.32 Å². The van der Waals surface area contributed by atoms with Crippen LogP contribution >= 0.6 is 15.9 Å². The van der Waals surface area contributed by atoms with Crippen LogP contribution in [0.1, 0.15) is 18.9 Å². The standard InChI is InChI=1S/C13H19BrN2/c1-10-8-12(4-5-13(10)14)16-7-3-6-15-11(2)9-16/h4-5,8,11,15H,3,6-7,9H2,1-2H3. The highest BCUT2D eigenvalue weighted by molar-refractivity contribution is 9.10. The molecule has 0 aromatic heterocycles. The maximum absolute atomic E-state index is 3.55. The second kappa shape index (κ2) is 5.19. The van der Waals surface area contributed by atoms with Crippen LogP contribution < -0.4 is 10.2 Å². The van der Waals surface area contributed by atoms with Gasteiger partial charge in [0.2, 0.25) is 0 Å². The van der Waals surface area contributed by atoms with Crippen molar-refractivity contribution in [3.05, 3.63) is 28.2 Å². The third kappa shape index (κ3) is 2.77. The largest absolute Gasteiger partial charge is 0.370 e. The van der Waals surface area contributed by atoms with E-state index < -0.39 is 0 Å². The third-order valence-electron chi connectivity index (χ3n) is 3.10. The molecular formula is C13H19BrN2. The third-order valence-corrected chi connectivity index (χ3v) is 3.99. The quantitative estimate of drug-likeness (QED) is 0.852. The van der Waals surface area contributed by atoms with Gasteiger partial charge in [-0.3, -0.25) is 0 Å². The van der Waals surface area contributed by atoms with E-state index in [1.807, 2.05) is 0 Å². The van der Waals surface area contributed by atoms with Gasteiger partial charge in [0.25, 0.3) is 0 Å². The molecule has 1 aliphatic heterocycles. The maximum atomic E-state index is 3.55. The molecule has 1 saturated heterocycles. The molecule has 0 saturated carbocycles. The highest BCUT2D eigenvalue weighted by Gasteiger charge is 2.14. The summed E-state index contributed by atoms with van der Waals surface area (Å²) in [5.74, 6) is 0. The fourth-order valence-corrected chi connectivity index (χ4v) is 2.41. The number of hydrogen-bond donors (Lipinski definition) is 1. The minimum atomic E-state index is 0.575. The molecule has 88 valence electrons. The Bertz CT molecular complexity index is 365. The van der Waals surface area contributed by atoms with Crippen LogP contribution in [0.25, 0.3) is 0 Å². The number of aryl methyl sites for hydroxylation is 1. The van der Waals surface area contributed by atoms with Gasteiger partial charge in [-0.15, -0.1) is 0 Å². The lowest BCUT2D eigenvalue weighted by molar-refractivity contribution is 0.585.